The van der Waals surface area contributed by atoms with Crippen molar-refractivity contribution in [1.82, 2.24) is 14.2 Å². The van der Waals surface area contributed by atoms with Crippen molar-refractivity contribution in [3.63, 3.8) is 0 Å². The number of halogens is 2. The van der Waals surface area contributed by atoms with Gasteiger partial charge in [-0.25, -0.2) is 21.2 Å². The summed E-state index contributed by atoms with van der Waals surface area (Å²) in [6, 6.07) is 15.0. The largest absolute Gasteiger partial charge is 0.392 e. The van der Waals surface area contributed by atoms with Crippen LogP contribution in [0.2, 0.25) is 0 Å². The van der Waals surface area contributed by atoms with Gasteiger partial charge in [-0.05, 0) is 49.4 Å². The molecule has 5 aromatic rings. The van der Waals surface area contributed by atoms with Gasteiger partial charge in [0, 0.05) is 39.9 Å². The number of aryl methyl sites for hydroxylation is 1. The van der Waals surface area contributed by atoms with Gasteiger partial charge in [-0.15, -0.1) is 0 Å². The van der Waals surface area contributed by atoms with Crippen molar-refractivity contribution >= 4 is 32.7 Å². The summed E-state index contributed by atoms with van der Waals surface area (Å²) >= 11 is 1.02. The molecule has 0 radical (unpaired) electrons. The summed E-state index contributed by atoms with van der Waals surface area (Å²) in [6.45, 7) is 1.34. The van der Waals surface area contributed by atoms with Gasteiger partial charge in [-0.1, -0.05) is 29.5 Å². The van der Waals surface area contributed by atoms with Gasteiger partial charge in [0.05, 0.1) is 27.6 Å². The van der Waals surface area contributed by atoms with Crippen LogP contribution in [-0.4, -0.2) is 27.7 Å². The van der Waals surface area contributed by atoms with E-state index in [9.17, 15) is 17.9 Å². The van der Waals surface area contributed by atoms with Crippen LogP contribution in [0.1, 0.15) is 11.1 Å². The molecule has 2 heterocycles. The highest BCUT2D eigenvalue weighted by molar-refractivity contribution is 7.99. The Kier molecular flexibility index (Phi) is 5.96. The smallest absolute Gasteiger partial charge is 0.268 e. The summed E-state index contributed by atoms with van der Waals surface area (Å²) in [5.41, 5.74) is 2.02. The number of aromatic amines is 1. The van der Waals surface area contributed by atoms with Gasteiger partial charge in [0.15, 0.2) is 0 Å². The topological polar surface area (TPSA) is 88.0 Å². The molecule has 0 atom stereocenters. The average molecular weight is 512 g/mol. The summed E-state index contributed by atoms with van der Waals surface area (Å²) in [5, 5.41) is 17.1. The summed E-state index contributed by atoms with van der Waals surface area (Å²) in [6.07, 6.45) is 2.85. The van der Waals surface area contributed by atoms with Gasteiger partial charge >= 0.3 is 0 Å². The SMILES string of the molecule is Cc1ccc(S(=O)(=O)n2ccc3c(CO)c(Sc4ccc(F)c(-c5ccn[nH]5)c4)c(F)cc32)cc1. The molecule has 0 spiro atoms. The zero-order valence-corrected chi connectivity index (χ0v) is 20.0. The van der Waals surface area contributed by atoms with Gasteiger partial charge in [-0.2, -0.15) is 5.10 Å². The zero-order valence-electron chi connectivity index (χ0n) is 18.4. The standard InChI is InChI=1S/C25H19F2N3O3S2/c1-15-2-5-17(6-3-15)35(32,33)30-11-9-18-20(14-31)25(22(27)13-24(18)30)34-16-4-7-21(26)19(12-16)23-8-10-28-29-23/h2-13,31H,14H2,1H3,(H,28,29). The predicted molar refractivity (Wildman–Crippen MR) is 130 cm³/mol. The fourth-order valence-electron chi connectivity index (χ4n) is 3.87. The Hall–Kier alpha value is -3.47. The van der Waals surface area contributed by atoms with Gasteiger partial charge in [-0.3, -0.25) is 5.10 Å². The summed E-state index contributed by atoms with van der Waals surface area (Å²) in [7, 11) is -3.98. The number of hydrogen-bond donors (Lipinski definition) is 2. The number of aliphatic hydroxyl groups excluding tert-OH is 1. The van der Waals surface area contributed by atoms with Crippen molar-refractivity contribution in [2.24, 2.45) is 0 Å². The van der Waals surface area contributed by atoms with Gasteiger partial charge < -0.3 is 5.11 Å². The highest BCUT2D eigenvalue weighted by Gasteiger charge is 2.23. The predicted octanol–water partition coefficient (Wildman–Crippen LogP) is 5.50. The van der Waals surface area contributed by atoms with Crippen LogP contribution in [0, 0.1) is 18.6 Å². The number of aromatic nitrogens is 3. The van der Waals surface area contributed by atoms with Crippen LogP contribution in [0.3, 0.4) is 0 Å². The van der Waals surface area contributed by atoms with E-state index in [4.69, 9.17) is 0 Å². The van der Waals surface area contributed by atoms with Crippen LogP contribution in [0.25, 0.3) is 22.2 Å². The molecule has 0 fully saturated rings. The third-order valence-corrected chi connectivity index (χ3v) is 8.49. The molecule has 0 amide bonds. The van der Waals surface area contributed by atoms with E-state index in [0.29, 0.717) is 16.0 Å². The van der Waals surface area contributed by atoms with E-state index < -0.39 is 28.3 Å². The minimum atomic E-state index is -3.98. The molecule has 178 valence electrons. The maximum Gasteiger partial charge on any atom is 0.268 e. The van der Waals surface area contributed by atoms with E-state index in [1.54, 1.807) is 24.3 Å². The lowest BCUT2D eigenvalue weighted by atomic mass is 10.1. The second-order valence-corrected chi connectivity index (χ2v) is 10.8. The Morgan fingerprint density at radius 2 is 1.80 bits per heavy atom. The number of fused-ring (bicyclic) bond motifs is 1. The molecule has 5 rings (SSSR count). The van der Waals surface area contributed by atoms with Crippen molar-refractivity contribution in [1.29, 1.82) is 0 Å². The van der Waals surface area contributed by atoms with Crippen molar-refractivity contribution in [3.05, 3.63) is 95.8 Å². The van der Waals surface area contributed by atoms with Crippen LogP contribution >= 0.6 is 11.8 Å². The van der Waals surface area contributed by atoms with Crippen LogP contribution in [-0.2, 0) is 16.6 Å². The molecule has 0 saturated carbocycles. The Balaban J connectivity index is 1.60. The lowest BCUT2D eigenvalue weighted by Crippen LogP contribution is -2.12. The number of hydrogen-bond acceptors (Lipinski definition) is 5. The summed E-state index contributed by atoms with van der Waals surface area (Å²) < 4.78 is 57.2. The Morgan fingerprint density at radius 1 is 1.03 bits per heavy atom. The quantitative estimate of drug-likeness (QED) is 0.314. The Morgan fingerprint density at radius 3 is 2.49 bits per heavy atom. The van der Waals surface area contributed by atoms with E-state index in [1.807, 2.05) is 6.92 Å². The van der Waals surface area contributed by atoms with Crippen LogP contribution in [0.15, 0.2) is 87.7 Å². The summed E-state index contributed by atoms with van der Waals surface area (Å²) in [4.78, 5) is 0.742. The summed E-state index contributed by atoms with van der Waals surface area (Å²) in [5.74, 6) is -1.16. The third-order valence-electron chi connectivity index (χ3n) is 5.65. The average Bonchev–Trinajstić information content (AvgIpc) is 3.51. The molecule has 0 saturated heterocycles. The molecule has 2 aromatic heterocycles. The first-order valence-corrected chi connectivity index (χ1v) is 12.8. The van der Waals surface area contributed by atoms with Gasteiger partial charge in [0.1, 0.15) is 11.6 Å². The van der Waals surface area contributed by atoms with E-state index in [0.717, 1.165) is 27.4 Å². The van der Waals surface area contributed by atoms with Crippen LogP contribution < -0.4 is 0 Å². The fourth-order valence-corrected chi connectivity index (χ4v) is 6.21. The molecule has 0 bridgehead atoms. The first-order chi connectivity index (χ1) is 16.8. The molecular weight excluding hydrogens is 492 g/mol. The minimum Gasteiger partial charge on any atom is -0.392 e. The van der Waals surface area contributed by atoms with E-state index >= 15 is 4.39 Å². The van der Waals surface area contributed by atoms with Gasteiger partial charge in [0.2, 0.25) is 0 Å². The van der Waals surface area contributed by atoms with Crippen LogP contribution in [0.5, 0.6) is 0 Å². The maximum absolute atomic E-state index is 15.4. The number of H-pyrrole nitrogens is 1. The molecule has 35 heavy (non-hydrogen) atoms. The number of nitrogens with zero attached hydrogens (tertiary/aromatic N) is 2. The Bertz CT molecular complexity index is 1650. The molecule has 6 nitrogen and oxygen atoms in total. The second-order valence-electron chi connectivity index (χ2n) is 7.90. The molecule has 10 heteroatoms. The molecule has 3 aromatic carbocycles. The van der Waals surface area contributed by atoms with Crippen molar-refractivity contribution in [3.8, 4) is 11.3 Å². The molecule has 0 unspecified atom stereocenters. The third kappa shape index (κ3) is 4.13. The van der Waals surface area contributed by atoms with Crippen molar-refractivity contribution in [2.45, 2.75) is 28.2 Å². The Labute approximate surface area is 204 Å². The van der Waals surface area contributed by atoms with Crippen molar-refractivity contribution < 1.29 is 22.3 Å². The number of benzene rings is 3. The highest BCUT2D eigenvalue weighted by atomic mass is 32.2. The number of nitrogens with one attached hydrogen (secondary N) is 1. The highest BCUT2D eigenvalue weighted by Crippen LogP contribution is 2.39. The molecule has 0 aliphatic carbocycles. The van der Waals surface area contributed by atoms with E-state index in [-0.39, 0.29) is 26.4 Å². The monoisotopic (exact) mass is 511 g/mol. The van der Waals surface area contributed by atoms with Crippen LogP contribution in [0.4, 0.5) is 8.78 Å². The molecule has 2 N–H and O–H groups in total. The molecule has 0 aliphatic rings. The number of aliphatic hydroxyl groups is 1. The fraction of sp³-hybridized carbons (Fsp3) is 0.0800. The molecular formula is C25H19F2N3O3S2. The normalized spacial score (nSPS) is 11.9. The van der Waals surface area contributed by atoms with Crippen molar-refractivity contribution in [2.75, 3.05) is 0 Å². The lowest BCUT2D eigenvalue weighted by Gasteiger charge is -2.13. The van der Waals surface area contributed by atoms with E-state index in [2.05, 4.69) is 10.2 Å². The first kappa shape index (κ1) is 23.3. The second kappa shape index (κ2) is 8.95. The minimum absolute atomic E-state index is 0.0719. The van der Waals surface area contributed by atoms with E-state index in [1.165, 1.54) is 42.7 Å². The maximum atomic E-state index is 15.4. The molecule has 0 aliphatic heterocycles. The lowest BCUT2D eigenvalue weighted by molar-refractivity contribution is 0.279. The first-order valence-electron chi connectivity index (χ1n) is 10.5. The zero-order chi connectivity index (χ0) is 24.7. The van der Waals surface area contributed by atoms with Gasteiger partial charge in [0.25, 0.3) is 10.0 Å². The number of rotatable bonds is 6.